The molecule has 8 nitrogen and oxygen atoms in total. The Balaban J connectivity index is 1.61. The number of carbonyl (C=O) groups is 1. The molecule has 0 spiro atoms. The second-order valence-electron chi connectivity index (χ2n) is 6.86. The van der Waals surface area contributed by atoms with Crippen molar-refractivity contribution in [1.29, 1.82) is 0 Å². The summed E-state index contributed by atoms with van der Waals surface area (Å²) >= 11 is 0. The number of fused-ring (bicyclic) bond motifs is 1. The third-order valence-corrected chi connectivity index (χ3v) is 4.90. The number of hydrogen-bond acceptors (Lipinski definition) is 7. The van der Waals surface area contributed by atoms with E-state index in [0.717, 1.165) is 23.1 Å². The minimum Gasteiger partial charge on any atom is -0.410 e. The maximum atomic E-state index is 12.8. The highest BCUT2D eigenvalue weighted by Gasteiger charge is 2.37. The van der Waals surface area contributed by atoms with Gasteiger partial charge in [0.25, 0.3) is 11.8 Å². The van der Waals surface area contributed by atoms with Crippen LogP contribution in [0.15, 0.2) is 40.0 Å². The average Bonchev–Trinajstić information content (AvgIpc) is 3.25. The molecule has 1 amide bonds. The summed E-state index contributed by atoms with van der Waals surface area (Å²) < 4.78 is 10.7. The number of aromatic nitrogens is 2. The number of carbonyl (C=O) groups excluding carboxylic acids is 1. The van der Waals surface area contributed by atoms with Gasteiger partial charge >= 0.3 is 0 Å². The monoisotopic (exact) mass is 380 g/mol. The van der Waals surface area contributed by atoms with Crippen LogP contribution in [0.4, 0.5) is 5.69 Å². The van der Waals surface area contributed by atoms with Gasteiger partial charge in [0.2, 0.25) is 0 Å². The van der Waals surface area contributed by atoms with Crippen molar-refractivity contribution in [3.8, 4) is 0 Å². The van der Waals surface area contributed by atoms with Crippen molar-refractivity contribution in [2.45, 2.75) is 32.9 Å². The van der Waals surface area contributed by atoms with Crippen LogP contribution in [0.25, 0.3) is 5.57 Å². The third-order valence-electron chi connectivity index (χ3n) is 4.90. The van der Waals surface area contributed by atoms with Crippen LogP contribution in [-0.4, -0.2) is 40.2 Å². The highest BCUT2D eigenvalue weighted by molar-refractivity contribution is 6.54. The van der Waals surface area contributed by atoms with Gasteiger partial charge < -0.3 is 14.5 Å². The number of amides is 1. The van der Waals surface area contributed by atoms with E-state index in [-0.39, 0.29) is 18.4 Å². The smallest absolute Gasteiger partial charge is 0.281 e. The Morgan fingerprint density at radius 1 is 1.39 bits per heavy atom. The molecule has 4 rings (SSSR count). The molecule has 1 aromatic carbocycles. The standard InChI is InChI=1S/C20H20N4O4/c1-11-8-12(2)18-15(9-11)17(22-26)20(25)24(18)10-16-21-19(28-23-16)13-4-6-14(27-3)7-5-13/h4-6,8-9,14,26H,7,10H2,1-3H3/b22-17-. The first-order valence-corrected chi connectivity index (χ1v) is 8.91. The molecule has 0 saturated carbocycles. The van der Waals surface area contributed by atoms with E-state index in [2.05, 4.69) is 15.3 Å². The van der Waals surface area contributed by atoms with Gasteiger partial charge in [0.1, 0.15) is 0 Å². The van der Waals surface area contributed by atoms with Crippen LogP contribution in [0.1, 0.15) is 34.8 Å². The minimum absolute atomic E-state index is 0.0223. The zero-order chi connectivity index (χ0) is 19.8. The molecular weight excluding hydrogens is 360 g/mol. The zero-order valence-electron chi connectivity index (χ0n) is 15.8. The van der Waals surface area contributed by atoms with Crippen molar-refractivity contribution < 1.29 is 19.3 Å². The quantitative estimate of drug-likeness (QED) is 0.646. The molecule has 1 aliphatic carbocycles. The predicted molar refractivity (Wildman–Crippen MR) is 102 cm³/mol. The van der Waals surface area contributed by atoms with E-state index in [1.54, 1.807) is 7.11 Å². The van der Waals surface area contributed by atoms with Crippen molar-refractivity contribution in [3.05, 3.63) is 58.8 Å². The van der Waals surface area contributed by atoms with Crippen molar-refractivity contribution in [2.24, 2.45) is 5.16 Å². The number of hydrogen-bond donors (Lipinski definition) is 1. The van der Waals surface area contributed by atoms with Crippen LogP contribution < -0.4 is 4.90 Å². The molecular formula is C20H20N4O4. The lowest BCUT2D eigenvalue weighted by Crippen LogP contribution is -2.30. The summed E-state index contributed by atoms with van der Waals surface area (Å²) in [4.78, 5) is 18.7. The van der Waals surface area contributed by atoms with Gasteiger partial charge in [0.05, 0.1) is 18.3 Å². The van der Waals surface area contributed by atoms with Crippen molar-refractivity contribution in [2.75, 3.05) is 12.0 Å². The van der Waals surface area contributed by atoms with Crippen LogP contribution in [0.5, 0.6) is 0 Å². The first kappa shape index (κ1) is 18.1. The van der Waals surface area contributed by atoms with Crippen LogP contribution >= 0.6 is 0 Å². The topological polar surface area (TPSA) is 101 Å². The largest absolute Gasteiger partial charge is 0.410 e. The fraction of sp³-hybridized carbons (Fsp3) is 0.300. The Kier molecular flexibility index (Phi) is 4.56. The van der Waals surface area contributed by atoms with Gasteiger partial charge in [-0.25, -0.2) is 0 Å². The molecule has 2 aromatic rings. The highest BCUT2D eigenvalue weighted by Crippen LogP contribution is 2.35. The van der Waals surface area contributed by atoms with Gasteiger partial charge in [-0.15, -0.1) is 0 Å². The fourth-order valence-electron chi connectivity index (χ4n) is 3.60. The zero-order valence-corrected chi connectivity index (χ0v) is 15.8. The number of nitrogens with zero attached hydrogens (tertiary/aromatic N) is 4. The van der Waals surface area contributed by atoms with E-state index in [0.29, 0.717) is 23.0 Å². The first-order chi connectivity index (χ1) is 13.5. The molecule has 0 saturated heterocycles. The SMILES string of the molecule is COC1C=CC(c2nc(CN3C(=O)/C(=N\O)c4cc(C)cc(C)c43)no2)=CC1. The van der Waals surface area contributed by atoms with E-state index in [1.165, 1.54) is 4.90 Å². The number of benzene rings is 1. The summed E-state index contributed by atoms with van der Waals surface area (Å²) in [5.41, 5.74) is 4.05. The van der Waals surface area contributed by atoms with Gasteiger partial charge in [-0.3, -0.25) is 9.69 Å². The average molecular weight is 380 g/mol. The summed E-state index contributed by atoms with van der Waals surface area (Å²) in [7, 11) is 1.66. The molecule has 1 atom stereocenters. The lowest BCUT2D eigenvalue weighted by molar-refractivity contribution is -0.112. The molecule has 28 heavy (non-hydrogen) atoms. The summed E-state index contributed by atoms with van der Waals surface area (Å²) in [6.07, 6.45) is 6.58. The number of oxime groups is 1. The lowest BCUT2D eigenvalue weighted by Gasteiger charge is -2.17. The van der Waals surface area contributed by atoms with Crippen molar-refractivity contribution >= 4 is 22.9 Å². The fourth-order valence-corrected chi connectivity index (χ4v) is 3.60. The Morgan fingerprint density at radius 3 is 2.89 bits per heavy atom. The number of methoxy groups -OCH3 is 1. The summed E-state index contributed by atoms with van der Waals surface area (Å²) in [5, 5.41) is 16.6. The van der Waals surface area contributed by atoms with Gasteiger partial charge in [-0.2, -0.15) is 4.98 Å². The number of anilines is 1. The van der Waals surface area contributed by atoms with E-state index in [4.69, 9.17) is 9.26 Å². The predicted octanol–water partition coefficient (Wildman–Crippen LogP) is 2.77. The molecule has 2 heterocycles. The normalized spacial score (nSPS) is 20.0. The maximum Gasteiger partial charge on any atom is 0.281 e. The van der Waals surface area contributed by atoms with Crippen LogP contribution in [0.3, 0.4) is 0 Å². The molecule has 0 bridgehead atoms. The molecule has 144 valence electrons. The number of aryl methyl sites for hydroxylation is 2. The van der Waals surface area contributed by atoms with Crippen LogP contribution in [0, 0.1) is 13.8 Å². The van der Waals surface area contributed by atoms with Crippen LogP contribution in [0.2, 0.25) is 0 Å². The molecule has 1 aliphatic heterocycles. The van der Waals surface area contributed by atoms with Crippen molar-refractivity contribution in [1.82, 2.24) is 10.1 Å². The molecule has 1 N–H and O–H groups in total. The molecule has 8 heteroatoms. The molecule has 1 unspecified atom stereocenters. The number of rotatable bonds is 4. The maximum absolute atomic E-state index is 12.8. The van der Waals surface area contributed by atoms with Crippen LogP contribution in [-0.2, 0) is 16.1 Å². The lowest BCUT2D eigenvalue weighted by atomic mass is 10.0. The van der Waals surface area contributed by atoms with Gasteiger partial charge in [-0.1, -0.05) is 40.2 Å². The molecule has 0 radical (unpaired) electrons. The number of allylic oxidation sites excluding steroid dienone is 2. The Labute approximate surface area is 161 Å². The van der Waals surface area contributed by atoms with Gasteiger partial charge in [0.15, 0.2) is 11.5 Å². The Hall–Kier alpha value is -3.26. The van der Waals surface area contributed by atoms with E-state index < -0.39 is 5.91 Å². The molecule has 1 aromatic heterocycles. The van der Waals surface area contributed by atoms with E-state index in [9.17, 15) is 10.0 Å². The third kappa shape index (κ3) is 3.01. The Morgan fingerprint density at radius 2 is 2.21 bits per heavy atom. The number of ether oxygens (including phenoxy) is 1. The van der Waals surface area contributed by atoms with Crippen molar-refractivity contribution in [3.63, 3.8) is 0 Å². The second kappa shape index (κ2) is 7.05. The summed E-state index contributed by atoms with van der Waals surface area (Å²) in [5.74, 6) is 0.373. The molecule has 2 aliphatic rings. The van der Waals surface area contributed by atoms with Gasteiger partial charge in [-0.05, 0) is 31.9 Å². The minimum atomic E-state index is -0.391. The van der Waals surface area contributed by atoms with Gasteiger partial charge in [0, 0.05) is 18.2 Å². The Bertz CT molecular complexity index is 1030. The van der Waals surface area contributed by atoms with E-state index >= 15 is 0 Å². The summed E-state index contributed by atoms with van der Waals surface area (Å²) in [6, 6.07) is 3.81. The molecule has 0 fully saturated rings. The summed E-state index contributed by atoms with van der Waals surface area (Å²) in [6.45, 7) is 3.97. The second-order valence-corrected chi connectivity index (χ2v) is 6.86. The van der Waals surface area contributed by atoms with E-state index in [1.807, 2.05) is 44.2 Å². The highest BCUT2D eigenvalue weighted by atomic mass is 16.5. The first-order valence-electron chi connectivity index (χ1n) is 8.91.